The van der Waals surface area contributed by atoms with Gasteiger partial charge in [0.25, 0.3) is 17.2 Å². The van der Waals surface area contributed by atoms with Crippen molar-refractivity contribution >= 4 is 34.1 Å². The number of carbonyl (C=O) groups is 1. The van der Waals surface area contributed by atoms with Crippen LogP contribution in [0.5, 0.6) is 0 Å². The highest BCUT2D eigenvalue weighted by molar-refractivity contribution is 7.99. The van der Waals surface area contributed by atoms with Crippen LogP contribution in [0.15, 0.2) is 88.6 Å². The molecule has 8 heteroatoms. The maximum Gasteiger partial charge on any atom is 0.288 e. The fourth-order valence-corrected chi connectivity index (χ4v) is 3.81. The number of rotatable bonds is 6. The number of aromatic nitrogens is 2. The number of hydrogen-bond acceptors (Lipinski definition) is 4. The van der Waals surface area contributed by atoms with Crippen molar-refractivity contribution in [2.24, 2.45) is 0 Å². The van der Waals surface area contributed by atoms with Crippen LogP contribution < -0.4 is 10.9 Å². The van der Waals surface area contributed by atoms with Crippen molar-refractivity contribution in [2.75, 3.05) is 5.32 Å². The Morgan fingerprint density at radius 2 is 1.58 bits per heavy atom. The van der Waals surface area contributed by atoms with E-state index in [1.807, 2.05) is 30.3 Å². The molecule has 4 aromatic rings. The van der Waals surface area contributed by atoms with E-state index < -0.39 is 11.7 Å². The minimum Gasteiger partial charge on any atom is -0.320 e. The quantitative estimate of drug-likeness (QED) is 0.431. The van der Waals surface area contributed by atoms with E-state index in [-0.39, 0.29) is 28.4 Å². The van der Waals surface area contributed by atoms with Crippen LogP contribution in [0.25, 0.3) is 10.8 Å². The number of hydrogen-bond donors (Lipinski definition) is 1. The number of nitrogens with zero attached hydrogens (tertiary/aromatic N) is 2. The summed E-state index contributed by atoms with van der Waals surface area (Å²) in [5.41, 5.74) is 0.842. The summed E-state index contributed by atoms with van der Waals surface area (Å²) >= 11 is 0.350. The van der Waals surface area contributed by atoms with E-state index in [0.29, 0.717) is 22.5 Å². The third-order valence-corrected chi connectivity index (χ3v) is 5.40. The smallest absolute Gasteiger partial charge is 0.288 e. The number of amides is 1. The van der Waals surface area contributed by atoms with Crippen LogP contribution in [0.2, 0.25) is 0 Å². The highest BCUT2D eigenvalue weighted by atomic mass is 32.2. The van der Waals surface area contributed by atoms with Gasteiger partial charge in [0.15, 0.2) is 5.69 Å². The number of anilines is 1. The average molecular weight is 437 g/mol. The number of fused-ring (bicyclic) bond motifs is 1. The molecule has 31 heavy (non-hydrogen) atoms. The normalized spacial score (nSPS) is 11.1. The molecule has 0 spiro atoms. The molecule has 0 aliphatic carbocycles. The van der Waals surface area contributed by atoms with Crippen molar-refractivity contribution in [3.63, 3.8) is 0 Å². The summed E-state index contributed by atoms with van der Waals surface area (Å²) in [6.07, 6.45) is 0. The predicted octanol–water partition coefficient (Wildman–Crippen LogP) is 5.01. The monoisotopic (exact) mass is 437 g/mol. The Balaban J connectivity index is 1.76. The Morgan fingerprint density at radius 1 is 0.935 bits per heavy atom. The Bertz CT molecular complexity index is 1290. The van der Waals surface area contributed by atoms with E-state index in [0.717, 1.165) is 5.56 Å². The lowest BCUT2D eigenvalue weighted by molar-refractivity contribution is 0.102. The van der Waals surface area contributed by atoms with Crippen LogP contribution in [-0.4, -0.2) is 21.4 Å². The molecule has 1 heterocycles. The Labute approximate surface area is 180 Å². The summed E-state index contributed by atoms with van der Waals surface area (Å²) in [5.74, 6) is -3.20. The summed E-state index contributed by atoms with van der Waals surface area (Å²) in [7, 11) is 0. The van der Waals surface area contributed by atoms with E-state index >= 15 is 0 Å². The first-order chi connectivity index (χ1) is 15.0. The first kappa shape index (κ1) is 20.7. The van der Waals surface area contributed by atoms with Crippen LogP contribution >= 0.6 is 11.8 Å². The number of alkyl halides is 2. The molecule has 156 valence electrons. The predicted molar refractivity (Wildman–Crippen MR) is 118 cm³/mol. The largest absolute Gasteiger partial charge is 0.320 e. The molecular formula is C23H17F2N3O2S. The van der Waals surface area contributed by atoms with Crippen molar-refractivity contribution in [3.05, 3.63) is 100 Å². The maximum atomic E-state index is 13.1. The summed E-state index contributed by atoms with van der Waals surface area (Å²) in [4.78, 5) is 26.3. The number of para-hydroxylation sites is 1. The minimum absolute atomic E-state index is 0.0444. The zero-order valence-corrected chi connectivity index (χ0v) is 17.0. The molecule has 5 nitrogen and oxygen atoms in total. The topological polar surface area (TPSA) is 64.0 Å². The molecule has 0 atom stereocenters. The van der Waals surface area contributed by atoms with Crippen LogP contribution in [0.4, 0.5) is 14.5 Å². The third-order valence-electron chi connectivity index (χ3n) is 4.61. The summed E-state index contributed by atoms with van der Waals surface area (Å²) in [5, 5.41) is 7.74. The second-order valence-electron chi connectivity index (χ2n) is 6.67. The van der Waals surface area contributed by atoms with E-state index in [2.05, 4.69) is 10.4 Å². The van der Waals surface area contributed by atoms with Crippen LogP contribution in [0, 0.1) is 0 Å². The van der Waals surface area contributed by atoms with Gasteiger partial charge in [0.1, 0.15) is 0 Å². The Kier molecular flexibility index (Phi) is 6.08. The van der Waals surface area contributed by atoms with Gasteiger partial charge in [-0.25, -0.2) is 4.68 Å². The van der Waals surface area contributed by atoms with Gasteiger partial charge in [-0.05, 0) is 23.8 Å². The Hall–Kier alpha value is -3.52. The lowest BCUT2D eigenvalue weighted by atomic mass is 10.1. The van der Waals surface area contributed by atoms with E-state index in [9.17, 15) is 18.4 Å². The highest BCUT2D eigenvalue weighted by Gasteiger charge is 2.19. The molecule has 0 fully saturated rings. The van der Waals surface area contributed by atoms with Gasteiger partial charge in [-0.15, -0.1) is 0 Å². The molecule has 1 aromatic heterocycles. The number of nitrogens with one attached hydrogen (secondary N) is 1. The van der Waals surface area contributed by atoms with Gasteiger partial charge >= 0.3 is 0 Å². The minimum atomic E-state index is -2.62. The molecule has 0 aliphatic heterocycles. The fraction of sp³-hybridized carbons (Fsp3) is 0.0870. The molecule has 1 amide bonds. The lowest BCUT2D eigenvalue weighted by Gasteiger charge is -2.13. The van der Waals surface area contributed by atoms with Crippen molar-refractivity contribution < 1.29 is 13.6 Å². The molecule has 4 rings (SSSR count). The number of halogens is 2. The van der Waals surface area contributed by atoms with Gasteiger partial charge in [-0.1, -0.05) is 72.4 Å². The zero-order valence-electron chi connectivity index (χ0n) is 16.2. The number of thioether (sulfide) groups is 1. The van der Waals surface area contributed by atoms with Crippen LogP contribution in [0.3, 0.4) is 0 Å². The van der Waals surface area contributed by atoms with Crippen LogP contribution in [0.1, 0.15) is 16.1 Å². The Morgan fingerprint density at radius 3 is 2.32 bits per heavy atom. The highest BCUT2D eigenvalue weighted by Crippen LogP contribution is 2.32. The van der Waals surface area contributed by atoms with E-state index in [1.165, 1.54) is 10.7 Å². The molecule has 0 saturated carbocycles. The van der Waals surface area contributed by atoms with Gasteiger partial charge in [-0.2, -0.15) is 13.9 Å². The molecule has 3 aromatic carbocycles. The molecule has 0 bridgehead atoms. The standard InChI is InChI=1S/C23H17F2N3O2S/c24-23(25)31-19-13-7-6-12-18(19)26-21(29)20-16-10-4-5-11-17(16)22(30)28(27-20)14-15-8-2-1-3-9-15/h1-13,23H,14H2,(H,26,29). The lowest BCUT2D eigenvalue weighted by Crippen LogP contribution is -2.28. The van der Waals surface area contributed by atoms with Crippen molar-refractivity contribution in [3.8, 4) is 0 Å². The summed E-state index contributed by atoms with van der Waals surface area (Å²) in [6, 6.07) is 22.3. The molecular weight excluding hydrogens is 420 g/mol. The second kappa shape index (κ2) is 9.09. The van der Waals surface area contributed by atoms with Crippen molar-refractivity contribution in [1.82, 2.24) is 9.78 Å². The molecule has 1 N–H and O–H groups in total. The number of carbonyl (C=O) groups excluding carboxylic acids is 1. The van der Waals surface area contributed by atoms with E-state index in [1.54, 1.807) is 42.5 Å². The van der Waals surface area contributed by atoms with Gasteiger partial charge in [-0.3, -0.25) is 9.59 Å². The first-order valence-electron chi connectivity index (χ1n) is 9.42. The molecule has 0 radical (unpaired) electrons. The second-order valence-corrected chi connectivity index (χ2v) is 7.70. The van der Waals surface area contributed by atoms with Crippen molar-refractivity contribution in [1.29, 1.82) is 0 Å². The fourth-order valence-electron chi connectivity index (χ4n) is 3.22. The van der Waals surface area contributed by atoms with Crippen molar-refractivity contribution in [2.45, 2.75) is 17.2 Å². The van der Waals surface area contributed by atoms with Gasteiger partial charge < -0.3 is 5.32 Å². The molecule has 0 aliphatic rings. The average Bonchev–Trinajstić information content (AvgIpc) is 2.77. The number of benzene rings is 3. The maximum absolute atomic E-state index is 13.1. The third kappa shape index (κ3) is 4.64. The van der Waals surface area contributed by atoms with Gasteiger partial charge in [0.05, 0.1) is 17.6 Å². The summed E-state index contributed by atoms with van der Waals surface area (Å²) in [6.45, 7) is 0.197. The summed E-state index contributed by atoms with van der Waals surface area (Å²) < 4.78 is 27.0. The van der Waals surface area contributed by atoms with E-state index in [4.69, 9.17) is 0 Å². The SMILES string of the molecule is O=C(Nc1ccccc1SC(F)F)c1nn(Cc2ccccc2)c(=O)c2ccccc12. The van der Waals surface area contributed by atoms with Crippen LogP contribution in [-0.2, 0) is 6.54 Å². The van der Waals surface area contributed by atoms with Gasteiger partial charge in [0, 0.05) is 10.3 Å². The van der Waals surface area contributed by atoms with Gasteiger partial charge in [0.2, 0.25) is 0 Å². The first-order valence-corrected chi connectivity index (χ1v) is 10.3. The molecule has 0 unspecified atom stereocenters. The molecule has 0 saturated heterocycles. The zero-order chi connectivity index (χ0) is 21.8.